The molecule has 1 heterocycles. The summed E-state index contributed by atoms with van der Waals surface area (Å²) < 4.78 is 0. The Bertz CT molecular complexity index is 1090. The molecule has 4 rings (SSSR count). The second kappa shape index (κ2) is 9.62. The lowest BCUT2D eigenvalue weighted by atomic mass is 9.98. The van der Waals surface area contributed by atoms with Crippen LogP contribution in [0.2, 0.25) is 0 Å². The van der Waals surface area contributed by atoms with E-state index in [9.17, 15) is 0 Å². The molecule has 4 N–H and O–H groups in total. The van der Waals surface area contributed by atoms with Gasteiger partial charge in [-0.05, 0) is 42.4 Å². The van der Waals surface area contributed by atoms with Crippen LogP contribution in [0.25, 0.3) is 16.8 Å². The number of nitrogens with one attached hydrogen (secondary N) is 2. The minimum absolute atomic E-state index is 0.392. The molecule has 0 atom stereocenters. The maximum Gasteiger partial charge on any atom is 0.0706 e. The standard InChI is InChI=1S/C18H15N3.C7H11N/c1-2-15-10-16(17(19)11-21-15)18(20)14-8-7-12-5-3-4-6-13(12)9-14;1-8-6-7-4-2-3-5-7/h2-11,20H,1,19H2;2-4,8H,5-6H2,1H3. The van der Waals surface area contributed by atoms with E-state index in [0.717, 1.165) is 29.3 Å². The van der Waals surface area contributed by atoms with Crippen LogP contribution in [0.3, 0.4) is 0 Å². The highest BCUT2D eigenvalue weighted by Gasteiger charge is 2.10. The van der Waals surface area contributed by atoms with Crippen molar-refractivity contribution >= 4 is 28.2 Å². The lowest BCUT2D eigenvalue weighted by Gasteiger charge is -2.09. The summed E-state index contributed by atoms with van der Waals surface area (Å²) in [6.07, 6.45) is 10.8. The Morgan fingerprint density at radius 2 is 2.00 bits per heavy atom. The lowest BCUT2D eigenvalue weighted by molar-refractivity contribution is 0.866. The monoisotopic (exact) mass is 382 g/mol. The highest BCUT2D eigenvalue weighted by atomic mass is 14.8. The molecule has 0 spiro atoms. The van der Waals surface area contributed by atoms with E-state index in [4.69, 9.17) is 11.1 Å². The molecule has 1 aromatic heterocycles. The summed E-state index contributed by atoms with van der Waals surface area (Å²) in [5, 5.41) is 13.8. The third-order valence-corrected chi connectivity index (χ3v) is 4.72. The Hall–Kier alpha value is -3.50. The minimum Gasteiger partial charge on any atom is -0.397 e. The van der Waals surface area contributed by atoms with Crippen molar-refractivity contribution in [1.29, 1.82) is 5.41 Å². The van der Waals surface area contributed by atoms with Crippen molar-refractivity contribution in [3.63, 3.8) is 0 Å². The third-order valence-electron chi connectivity index (χ3n) is 4.72. The number of anilines is 1. The highest BCUT2D eigenvalue weighted by Crippen LogP contribution is 2.21. The van der Waals surface area contributed by atoms with E-state index in [1.807, 2.05) is 43.4 Å². The number of nitrogens with two attached hydrogens (primary N) is 1. The minimum atomic E-state index is 0.392. The number of allylic oxidation sites excluding steroid dienone is 3. The van der Waals surface area contributed by atoms with Gasteiger partial charge in [0.1, 0.15) is 0 Å². The molecule has 1 aliphatic carbocycles. The van der Waals surface area contributed by atoms with Crippen molar-refractivity contribution < 1.29 is 0 Å². The number of likely N-dealkylation sites (N-methyl/N-ethyl adjacent to an activating group) is 1. The number of fused-ring (bicyclic) bond motifs is 1. The van der Waals surface area contributed by atoms with Gasteiger partial charge in [0.2, 0.25) is 0 Å². The van der Waals surface area contributed by atoms with E-state index in [-0.39, 0.29) is 0 Å². The largest absolute Gasteiger partial charge is 0.397 e. The van der Waals surface area contributed by atoms with Crippen LogP contribution in [-0.2, 0) is 0 Å². The molecule has 0 fully saturated rings. The molecule has 0 aliphatic heterocycles. The number of pyridine rings is 1. The number of hydrogen-bond acceptors (Lipinski definition) is 4. The second-order valence-electron chi connectivity index (χ2n) is 6.82. The van der Waals surface area contributed by atoms with E-state index in [2.05, 4.69) is 41.2 Å². The molecule has 29 heavy (non-hydrogen) atoms. The van der Waals surface area contributed by atoms with Gasteiger partial charge in [-0.15, -0.1) is 0 Å². The quantitative estimate of drug-likeness (QED) is 0.546. The zero-order valence-electron chi connectivity index (χ0n) is 16.7. The van der Waals surface area contributed by atoms with Crippen LogP contribution in [-0.4, -0.2) is 24.3 Å². The molecule has 0 radical (unpaired) electrons. The first-order valence-electron chi connectivity index (χ1n) is 9.57. The molecule has 2 aromatic carbocycles. The van der Waals surface area contributed by atoms with Gasteiger partial charge in [0, 0.05) is 17.7 Å². The van der Waals surface area contributed by atoms with Crippen molar-refractivity contribution in [3.05, 3.63) is 102 Å². The van der Waals surface area contributed by atoms with Crippen LogP contribution in [0.4, 0.5) is 5.69 Å². The maximum absolute atomic E-state index is 8.42. The fourth-order valence-corrected chi connectivity index (χ4v) is 3.16. The van der Waals surface area contributed by atoms with Crippen molar-refractivity contribution in [3.8, 4) is 0 Å². The third kappa shape index (κ3) is 5.06. The van der Waals surface area contributed by atoms with E-state index in [0.29, 0.717) is 22.7 Å². The average Bonchev–Trinajstić information content (AvgIpc) is 3.27. The molecule has 1 aliphatic rings. The Morgan fingerprint density at radius 1 is 1.21 bits per heavy atom. The SMILES string of the molecule is C=Cc1cc(C(=N)c2ccc3ccccc3c2)c(N)cn1.CNCC1=CC=CC1. The van der Waals surface area contributed by atoms with Crippen molar-refractivity contribution in [2.45, 2.75) is 6.42 Å². The molecular weight excluding hydrogens is 356 g/mol. The summed E-state index contributed by atoms with van der Waals surface area (Å²) in [4.78, 5) is 4.14. The van der Waals surface area contributed by atoms with Crippen LogP contribution in [0.1, 0.15) is 23.2 Å². The molecule has 146 valence electrons. The van der Waals surface area contributed by atoms with E-state index >= 15 is 0 Å². The fraction of sp³-hybridized carbons (Fsp3) is 0.120. The molecule has 0 saturated carbocycles. The molecule has 0 bridgehead atoms. The Balaban J connectivity index is 0.000000252. The molecule has 3 aromatic rings. The van der Waals surface area contributed by atoms with E-state index in [1.165, 1.54) is 5.57 Å². The predicted octanol–water partition coefficient (Wildman–Crippen LogP) is 4.97. The van der Waals surface area contributed by atoms with Gasteiger partial charge >= 0.3 is 0 Å². The lowest BCUT2D eigenvalue weighted by Crippen LogP contribution is -2.08. The second-order valence-corrected chi connectivity index (χ2v) is 6.82. The molecule has 4 heteroatoms. The van der Waals surface area contributed by atoms with Crippen LogP contribution < -0.4 is 11.1 Å². The van der Waals surface area contributed by atoms with Gasteiger partial charge in [0.05, 0.1) is 23.3 Å². The van der Waals surface area contributed by atoms with E-state index < -0.39 is 0 Å². The number of benzene rings is 2. The predicted molar refractivity (Wildman–Crippen MR) is 124 cm³/mol. The zero-order chi connectivity index (χ0) is 20.6. The van der Waals surface area contributed by atoms with Gasteiger partial charge in [0.15, 0.2) is 0 Å². The highest BCUT2D eigenvalue weighted by molar-refractivity contribution is 6.15. The van der Waals surface area contributed by atoms with Crippen LogP contribution in [0, 0.1) is 5.41 Å². The van der Waals surface area contributed by atoms with Gasteiger partial charge in [-0.3, -0.25) is 10.4 Å². The fourth-order valence-electron chi connectivity index (χ4n) is 3.16. The smallest absolute Gasteiger partial charge is 0.0706 e. The summed E-state index contributed by atoms with van der Waals surface area (Å²) >= 11 is 0. The number of hydrogen-bond donors (Lipinski definition) is 3. The molecule has 0 unspecified atom stereocenters. The first-order chi connectivity index (χ1) is 14.1. The van der Waals surface area contributed by atoms with Gasteiger partial charge in [-0.25, -0.2) is 0 Å². The molecule has 4 nitrogen and oxygen atoms in total. The van der Waals surface area contributed by atoms with Crippen LogP contribution >= 0.6 is 0 Å². The number of rotatable bonds is 5. The van der Waals surface area contributed by atoms with Gasteiger partial charge in [-0.1, -0.05) is 66.8 Å². The number of nitrogens with zero attached hydrogens (tertiary/aromatic N) is 1. The summed E-state index contributed by atoms with van der Waals surface area (Å²) in [6.45, 7) is 4.74. The first kappa shape index (κ1) is 20.2. The van der Waals surface area contributed by atoms with Crippen LogP contribution in [0.5, 0.6) is 0 Å². The maximum atomic E-state index is 8.42. The Labute approximate surface area is 172 Å². The Kier molecular flexibility index (Phi) is 6.72. The number of nitrogen functional groups attached to an aromatic ring is 1. The molecular formula is C25H26N4. The van der Waals surface area contributed by atoms with Gasteiger partial charge in [-0.2, -0.15) is 0 Å². The van der Waals surface area contributed by atoms with Crippen molar-refractivity contribution in [2.75, 3.05) is 19.3 Å². The number of aromatic nitrogens is 1. The van der Waals surface area contributed by atoms with Crippen LogP contribution in [0.15, 0.2) is 85.1 Å². The average molecular weight is 383 g/mol. The van der Waals surface area contributed by atoms with Crippen molar-refractivity contribution in [1.82, 2.24) is 10.3 Å². The first-order valence-corrected chi connectivity index (χ1v) is 9.57. The molecule has 0 saturated heterocycles. The zero-order valence-corrected chi connectivity index (χ0v) is 16.7. The summed E-state index contributed by atoms with van der Waals surface area (Å²) in [5.74, 6) is 0. The Morgan fingerprint density at radius 3 is 2.69 bits per heavy atom. The normalized spacial score (nSPS) is 12.2. The van der Waals surface area contributed by atoms with Crippen molar-refractivity contribution in [2.24, 2.45) is 0 Å². The topological polar surface area (TPSA) is 74.8 Å². The summed E-state index contributed by atoms with van der Waals surface area (Å²) in [5.41, 5.74) is 10.6. The molecule has 0 amide bonds. The summed E-state index contributed by atoms with van der Waals surface area (Å²) in [6, 6.07) is 15.8. The van der Waals surface area contributed by atoms with Gasteiger partial charge in [0.25, 0.3) is 0 Å². The summed E-state index contributed by atoms with van der Waals surface area (Å²) in [7, 11) is 1.97. The van der Waals surface area contributed by atoms with E-state index in [1.54, 1.807) is 18.3 Å². The van der Waals surface area contributed by atoms with Gasteiger partial charge < -0.3 is 11.1 Å².